The van der Waals surface area contributed by atoms with Crippen LogP contribution in [0.25, 0.3) is 11.5 Å². The summed E-state index contributed by atoms with van der Waals surface area (Å²) in [5, 5.41) is 6.79. The number of benzene rings is 2. The predicted molar refractivity (Wildman–Crippen MR) is 96.5 cm³/mol. The Kier molecular flexibility index (Phi) is 5.66. The maximum absolute atomic E-state index is 13.6. The van der Waals surface area contributed by atoms with E-state index in [0.717, 1.165) is 23.8 Å². The van der Waals surface area contributed by atoms with Gasteiger partial charge in [0.05, 0.1) is 5.69 Å². The first-order valence-electron chi connectivity index (χ1n) is 7.98. The fraction of sp³-hybridized carbons (Fsp3) is 0.167. The monoisotopic (exact) mass is 392 g/mol. The Bertz CT molecular complexity index is 947. The first-order valence-corrected chi connectivity index (χ1v) is 8.36. The van der Waals surface area contributed by atoms with Gasteiger partial charge in [0.1, 0.15) is 11.6 Å². The number of carbonyl (C=O) groups excluding carboxylic acids is 1. The summed E-state index contributed by atoms with van der Waals surface area (Å²) >= 11 is 5.84. The molecule has 0 fully saturated rings. The molecule has 0 saturated heterocycles. The molecule has 0 aliphatic carbocycles. The van der Waals surface area contributed by atoms with Gasteiger partial charge in [-0.1, -0.05) is 16.8 Å². The molecular weight excluding hydrogens is 378 g/mol. The number of carbonyl (C=O) groups is 1. The van der Waals surface area contributed by atoms with Gasteiger partial charge in [-0.2, -0.15) is 4.98 Å². The van der Waals surface area contributed by atoms with Gasteiger partial charge in [0.15, 0.2) is 5.82 Å². The van der Waals surface area contributed by atoms with Gasteiger partial charge in [-0.3, -0.25) is 0 Å². The molecule has 0 unspecified atom stereocenters. The normalized spacial score (nSPS) is 10.7. The predicted octanol–water partition coefficient (Wildman–Crippen LogP) is 4.37. The zero-order chi connectivity index (χ0) is 19.4. The van der Waals surface area contributed by atoms with Crippen molar-refractivity contribution in [2.24, 2.45) is 0 Å². The number of amides is 2. The van der Waals surface area contributed by atoms with Crippen molar-refractivity contribution in [3.8, 4) is 11.5 Å². The van der Waals surface area contributed by atoms with Crippen LogP contribution >= 0.6 is 11.6 Å². The average molecular weight is 393 g/mol. The minimum absolute atomic E-state index is 0.226. The lowest BCUT2D eigenvalue weighted by atomic mass is 10.2. The summed E-state index contributed by atoms with van der Waals surface area (Å²) in [6.07, 6.45) is 0.326. The van der Waals surface area contributed by atoms with Crippen molar-refractivity contribution in [3.05, 3.63) is 64.9 Å². The van der Waals surface area contributed by atoms with E-state index in [-0.39, 0.29) is 12.2 Å². The third-order valence-electron chi connectivity index (χ3n) is 3.75. The molecule has 0 aliphatic rings. The Morgan fingerprint density at radius 3 is 2.70 bits per heavy atom. The number of halogens is 3. The van der Waals surface area contributed by atoms with Crippen LogP contribution in [0.15, 0.2) is 47.0 Å². The number of rotatable bonds is 5. The van der Waals surface area contributed by atoms with Gasteiger partial charge >= 0.3 is 6.03 Å². The van der Waals surface area contributed by atoms with Crippen LogP contribution in [0.3, 0.4) is 0 Å². The Balaban J connectivity index is 1.57. The van der Waals surface area contributed by atoms with Crippen molar-refractivity contribution in [1.82, 2.24) is 15.0 Å². The van der Waals surface area contributed by atoms with Crippen molar-refractivity contribution in [1.29, 1.82) is 0 Å². The smallest absolute Gasteiger partial charge is 0.321 e. The van der Waals surface area contributed by atoms with Crippen LogP contribution in [0.5, 0.6) is 0 Å². The van der Waals surface area contributed by atoms with Gasteiger partial charge in [-0.25, -0.2) is 13.6 Å². The molecule has 0 saturated carbocycles. The van der Waals surface area contributed by atoms with E-state index >= 15 is 0 Å². The SMILES string of the molecule is CN(CCc1noc(-c2ccc(Cl)cc2)n1)C(=O)Nc1cc(F)ccc1F. The molecule has 1 aromatic heterocycles. The van der Waals surface area contributed by atoms with Gasteiger partial charge < -0.3 is 14.7 Å². The number of hydrogen-bond acceptors (Lipinski definition) is 4. The molecule has 6 nitrogen and oxygen atoms in total. The molecule has 3 aromatic rings. The summed E-state index contributed by atoms with van der Waals surface area (Å²) in [6.45, 7) is 0.252. The average Bonchev–Trinajstić information content (AvgIpc) is 3.12. The second-order valence-electron chi connectivity index (χ2n) is 5.75. The number of nitrogens with one attached hydrogen (secondary N) is 1. The van der Waals surface area contributed by atoms with Crippen LogP contribution in [-0.4, -0.2) is 34.7 Å². The maximum Gasteiger partial charge on any atom is 0.321 e. The van der Waals surface area contributed by atoms with Crippen molar-refractivity contribution < 1.29 is 18.1 Å². The Morgan fingerprint density at radius 1 is 1.22 bits per heavy atom. The number of urea groups is 1. The third-order valence-corrected chi connectivity index (χ3v) is 4.00. The van der Waals surface area contributed by atoms with E-state index in [9.17, 15) is 13.6 Å². The molecule has 0 bridgehead atoms. The highest BCUT2D eigenvalue weighted by Gasteiger charge is 2.14. The summed E-state index contributed by atoms with van der Waals surface area (Å²) in [4.78, 5) is 17.7. The summed E-state index contributed by atoms with van der Waals surface area (Å²) in [7, 11) is 1.52. The number of hydrogen-bond donors (Lipinski definition) is 1. The molecule has 0 atom stereocenters. The van der Waals surface area contributed by atoms with Crippen molar-refractivity contribution in [2.45, 2.75) is 6.42 Å². The minimum Gasteiger partial charge on any atom is -0.334 e. The van der Waals surface area contributed by atoms with E-state index in [1.165, 1.54) is 11.9 Å². The van der Waals surface area contributed by atoms with E-state index in [2.05, 4.69) is 15.5 Å². The summed E-state index contributed by atoms with van der Waals surface area (Å²) in [5.41, 5.74) is 0.502. The van der Waals surface area contributed by atoms with Gasteiger partial charge in [0.25, 0.3) is 5.89 Å². The van der Waals surface area contributed by atoms with E-state index in [1.54, 1.807) is 24.3 Å². The standard InChI is InChI=1S/C18H15ClF2N4O2/c1-25(18(26)22-15-10-13(20)6-7-14(15)21)9-8-16-23-17(27-24-16)11-2-4-12(19)5-3-11/h2-7,10H,8-9H2,1H3,(H,22,26). The lowest BCUT2D eigenvalue weighted by Gasteiger charge is -2.17. The molecule has 1 N–H and O–H groups in total. The molecule has 3 rings (SSSR count). The lowest BCUT2D eigenvalue weighted by molar-refractivity contribution is 0.222. The van der Waals surface area contributed by atoms with E-state index in [4.69, 9.17) is 16.1 Å². The van der Waals surface area contributed by atoms with Crippen LogP contribution in [0.2, 0.25) is 5.02 Å². The van der Waals surface area contributed by atoms with Gasteiger partial charge in [-0.05, 0) is 36.4 Å². The number of nitrogens with zero attached hydrogens (tertiary/aromatic N) is 3. The van der Waals surface area contributed by atoms with Crippen molar-refractivity contribution >= 4 is 23.3 Å². The van der Waals surface area contributed by atoms with E-state index < -0.39 is 17.7 Å². The second kappa shape index (κ2) is 8.13. The Labute approximate surface area is 158 Å². The molecule has 9 heteroatoms. The molecule has 27 heavy (non-hydrogen) atoms. The van der Waals surface area contributed by atoms with Gasteiger partial charge in [0.2, 0.25) is 0 Å². The third kappa shape index (κ3) is 4.79. The van der Waals surface area contributed by atoms with Gasteiger partial charge in [-0.15, -0.1) is 0 Å². The van der Waals surface area contributed by atoms with Crippen LogP contribution in [-0.2, 0) is 6.42 Å². The van der Waals surface area contributed by atoms with E-state index in [1.807, 2.05) is 0 Å². The van der Waals surface area contributed by atoms with Crippen LogP contribution in [0, 0.1) is 11.6 Å². The molecule has 2 amide bonds. The quantitative estimate of drug-likeness (QED) is 0.699. The molecule has 1 heterocycles. The highest BCUT2D eigenvalue weighted by Crippen LogP contribution is 2.20. The van der Waals surface area contributed by atoms with Crippen LogP contribution in [0.1, 0.15) is 5.82 Å². The fourth-order valence-electron chi connectivity index (χ4n) is 2.24. The lowest BCUT2D eigenvalue weighted by Crippen LogP contribution is -2.33. The second-order valence-corrected chi connectivity index (χ2v) is 6.18. The molecule has 0 spiro atoms. The maximum atomic E-state index is 13.6. The van der Waals surface area contributed by atoms with Crippen LogP contribution < -0.4 is 5.32 Å². The largest absolute Gasteiger partial charge is 0.334 e. The van der Waals surface area contributed by atoms with Crippen molar-refractivity contribution in [2.75, 3.05) is 18.9 Å². The first-order chi connectivity index (χ1) is 12.9. The van der Waals surface area contributed by atoms with Gasteiger partial charge in [0, 0.05) is 36.7 Å². The summed E-state index contributed by atoms with van der Waals surface area (Å²) < 4.78 is 32.0. The van der Waals surface area contributed by atoms with E-state index in [0.29, 0.717) is 23.2 Å². The zero-order valence-corrected chi connectivity index (χ0v) is 15.0. The highest BCUT2D eigenvalue weighted by atomic mass is 35.5. The summed E-state index contributed by atoms with van der Waals surface area (Å²) in [5.74, 6) is -0.605. The number of anilines is 1. The Morgan fingerprint density at radius 2 is 1.96 bits per heavy atom. The zero-order valence-electron chi connectivity index (χ0n) is 14.2. The molecule has 140 valence electrons. The minimum atomic E-state index is -0.719. The Hall–Kier alpha value is -3.00. The molecule has 0 radical (unpaired) electrons. The van der Waals surface area contributed by atoms with Crippen molar-refractivity contribution in [3.63, 3.8) is 0 Å². The first kappa shape index (κ1) is 18.8. The highest BCUT2D eigenvalue weighted by molar-refractivity contribution is 6.30. The number of likely N-dealkylation sites (N-methyl/N-ethyl adjacent to an activating group) is 1. The molecular formula is C18H15ClF2N4O2. The number of aromatic nitrogens is 2. The fourth-order valence-corrected chi connectivity index (χ4v) is 2.36. The molecule has 0 aliphatic heterocycles. The van der Waals surface area contributed by atoms with Crippen LogP contribution in [0.4, 0.5) is 19.3 Å². The molecule has 2 aromatic carbocycles. The topological polar surface area (TPSA) is 71.3 Å². The summed E-state index contributed by atoms with van der Waals surface area (Å²) in [6, 6.07) is 9.19.